The van der Waals surface area contributed by atoms with Crippen LogP contribution in [0, 0.1) is 5.92 Å². The van der Waals surface area contributed by atoms with Crippen molar-refractivity contribution in [1.82, 2.24) is 19.1 Å². The minimum atomic E-state index is -3.83. The van der Waals surface area contributed by atoms with Crippen LogP contribution in [0.15, 0.2) is 53.9 Å². The van der Waals surface area contributed by atoms with Gasteiger partial charge in [-0.1, -0.05) is 30.1 Å². The number of rotatable bonds is 5. The van der Waals surface area contributed by atoms with E-state index in [0.717, 1.165) is 12.8 Å². The van der Waals surface area contributed by atoms with Gasteiger partial charge in [-0.3, -0.25) is 4.79 Å². The number of carbonyl (C=O) groups excluding carboxylic acids is 1. The Bertz CT molecular complexity index is 1250. The quantitative estimate of drug-likeness (QED) is 0.572. The first-order valence-corrected chi connectivity index (χ1v) is 12.2. The van der Waals surface area contributed by atoms with E-state index in [1.54, 1.807) is 18.2 Å². The molecule has 3 aromatic rings. The Labute approximate surface area is 196 Å². The number of nitrogens with zero attached hydrogens (tertiary/aromatic N) is 4. The van der Waals surface area contributed by atoms with Gasteiger partial charge < -0.3 is 5.32 Å². The number of carbonyl (C=O) groups is 1. The molecule has 4 rings (SSSR count). The van der Waals surface area contributed by atoms with E-state index in [1.165, 1.54) is 39.8 Å². The molecule has 11 heteroatoms. The van der Waals surface area contributed by atoms with Gasteiger partial charge in [-0.15, -0.1) is 0 Å². The van der Waals surface area contributed by atoms with Crippen LogP contribution in [-0.2, 0) is 10.0 Å². The highest BCUT2D eigenvalue weighted by atomic mass is 35.5. The van der Waals surface area contributed by atoms with E-state index < -0.39 is 15.9 Å². The van der Waals surface area contributed by atoms with Crippen molar-refractivity contribution in [3.63, 3.8) is 0 Å². The molecule has 0 spiro atoms. The van der Waals surface area contributed by atoms with E-state index in [1.807, 2.05) is 6.92 Å². The third-order valence-electron chi connectivity index (χ3n) is 5.30. The molecule has 1 aliphatic rings. The molecule has 1 aliphatic heterocycles. The van der Waals surface area contributed by atoms with Crippen molar-refractivity contribution in [2.45, 2.75) is 24.7 Å². The largest absolute Gasteiger partial charge is 0.320 e. The number of nitrogens with one attached hydrogen (secondary N) is 1. The van der Waals surface area contributed by atoms with Crippen molar-refractivity contribution < 1.29 is 13.2 Å². The lowest BCUT2D eigenvalue weighted by molar-refractivity contribution is 0.102. The van der Waals surface area contributed by atoms with Crippen molar-refractivity contribution in [3.8, 4) is 5.69 Å². The molecular formula is C21H21Cl2N5O3S. The number of halogens is 2. The van der Waals surface area contributed by atoms with Gasteiger partial charge in [-0.25, -0.2) is 18.1 Å². The van der Waals surface area contributed by atoms with Crippen LogP contribution in [0.5, 0.6) is 0 Å². The molecule has 1 atom stereocenters. The number of anilines is 1. The van der Waals surface area contributed by atoms with Crippen LogP contribution in [0.2, 0.25) is 10.0 Å². The predicted molar refractivity (Wildman–Crippen MR) is 123 cm³/mol. The fourth-order valence-electron chi connectivity index (χ4n) is 3.68. The molecule has 0 aliphatic carbocycles. The average molecular weight is 494 g/mol. The predicted octanol–water partition coefficient (Wildman–Crippen LogP) is 4.25. The zero-order valence-corrected chi connectivity index (χ0v) is 19.5. The van der Waals surface area contributed by atoms with Gasteiger partial charge >= 0.3 is 0 Å². The summed E-state index contributed by atoms with van der Waals surface area (Å²) in [6.45, 7) is 2.88. The molecule has 0 unspecified atom stereocenters. The summed E-state index contributed by atoms with van der Waals surface area (Å²) in [6, 6.07) is 9.16. The minimum absolute atomic E-state index is 0.0748. The topological polar surface area (TPSA) is 97.2 Å². The maximum atomic E-state index is 13.2. The highest BCUT2D eigenvalue weighted by molar-refractivity contribution is 7.89. The Balaban J connectivity index is 1.65. The Morgan fingerprint density at radius 1 is 1.19 bits per heavy atom. The monoisotopic (exact) mass is 493 g/mol. The summed E-state index contributed by atoms with van der Waals surface area (Å²) in [6.07, 6.45) is 4.64. The number of piperidine rings is 1. The van der Waals surface area contributed by atoms with Crippen molar-refractivity contribution in [1.29, 1.82) is 0 Å². The van der Waals surface area contributed by atoms with Crippen LogP contribution in [0.1, 0.15) is 30.1 Å². The number of benzene rings is 2. The molecule has 2 aromatic carbocycles. The smallest absolute Gasteiger partial charge is 0.255 e. The van der Waals surface area contributed by atoms with Gasteiger partial charge in [-0.2, -0.15) is 9.40 Å². The molecule has 1 saturated heterocycles. The van der Waals surface area contributed by atoms with E-state index in [9.17, 15) is 13.2 Å². The van der Waals surface area contributed by atoms with Gasteiger partial charge in [0.05, 0.1) is 16.4 Å². The lowest BCUT2D eigenvalue weighted by Gasteiger charge is -2.30. The number of hydrogen-bond donors (Lipinski definition) is 1. The Morgan fingerprint density at radius 3 is 2.72 bits per heavy atom. The summed E-state index contributed by atoms with van der Waals surface area (Å²) >= 11 is 12.4. The minimum Gasteiger partial charge on any atom is -0.320 e. The number of sulfonamides is 1. The molecule has 8 nitrogen and oxygen atoms in total. The summed E-state index contributed by atoms with van der Waals surface area (Å²) in [5.41, 5.74) is 1.11. The zero-order valence-electron chi connectivity index (χ0n) is 17.2. The first kappa shape index (κ1) is 22.7. The Hall–Kier alpha value is -2.46. The Kier molecular flexibility index (Phi) is 6.52. The third-order valence-corrected chi connectivity index (χ3v) is 7.89. The van der Waals surface area contributed by atoms with E-state index in [-0.39, 0.29) is 21.4 Å². The molecule has 1 aromatic heterocycles. The molecule has 1 amide bonds. The van der Waals surface area contributed by atoms with E-state index >= 15 is 0 Å². The van der Waals surface area contributed by atoms with Gasteiger partial charge in [0.2, 0.25) is 10.0 Å². The average Bonchev–Trinajstić information content (AvgIpc) is 3.28. The van der Waals surface area contributed by atoms with E-state index in [2.05, 4.69) is 15.4 Å². The second-order valence-electron chi connectivity index (χ2n) is 7.71. The fraction of sp³-hybridized carbons (Fsp3) is 0.286. The highest BCUT2D eigenvalue weighted by Crippen LogP contribution is 2.30. The number of hydrogen-bond acceptors (Lipinski definition) is 5. The van der Waals surface area contributed by atoms with Gasteiger partial charge in [0.25, 0.3) is 5.91 Å². The molecule has 0 bridgehead atoms. The molecule has 1 N–H and O–H groups in total. The van der Waals surface area contributed by atoms with Gasteiger partial charge in [-0.05, 0) is 55.2 Å². The molecule has 32 heavy (non-hydrogen) atoms. The summed E-state index contributed by atoms with van der Waals surface area (Å²) < 4.78 is 29.4. The van der Waals surface area contributed by atoms with E-state index in [0.29, 0.717) is 29.5 Å². The van der Waals surface area contributed by atoms with Crippen LogP contribution in [0.25, 0.3) is 5.69 Å². The number of amides is 1. The molecule has 1 fully saturated rings. The van der Waals surface area contributed by atoms with Crippen molar-refractivity contribution >= 4 is 44.8 Å². The normalized spacial score (nSPS) is 17.3. The number of aromatic nitrogens is 3. The lowest BCUT2D eigenvalue weighted by atomic mass is 10.0. The first-order valence-electron chi connectivity index (χ1n) is 10.0. The van der Waals surface area contributed by atoms with Crippen LogP contribution < -0.4 is 5.32 Å². The van der Waals surface area contributed by atoms with Crippen LogP contribution in [0.4, 0.5) is 5.69 Å². The van der Waals surface area contributed by atoms with Gasteiger partial charge in [0, 0.05) is 23.7 Å². The van der Waals surface area contributed by atoms with Crippen molar-refractivity contribution in [2.75, 3.05) is 18.4 Å². The lowest BCUT2D eigenvalue weighted by Crippen LogP contribution is -2.39. The van der Waals surface area contributed by atoms with Crippen LogP contribution in [0.3, 0.4) is 0 Å². The zero-order chi connectivity index (χ0) is 22.9. The summed E-state index contributed by atoms with van der Waals surface area (Å²) in [5.74, 6) is -0.240. The molecular weight excluding hydrogens is 473 g/mol. The summed E-state index contributed by atoms with van der Waals surface area (Å²) in [5, 5.41) is 7.35. The molecule has 168 valence electrons. The maximum absolute atomic E-state index is 13.2. The first-order chi connectivity index (χ1) is 15.3. The molecule has 0 saturated carbocycles. The second-order valence-corrected chi connectivity index (χ2v) is 10.5. The van der Waals surface area contributed by atoms with Gasteiger partial charge in [0.1, 0.15) is 17.6 Å². The maximum Gasteiger partial charge on any atom is 0.255 e. The molecule has 2 heterocycles. The Morgan fingerprint density at radius 2 is 2.00 bits per heavy atom. The van der Waals surface area contributed by atoms with Crippen LogP contribution in [-0.4, -0.2) is 46.5 Å². The third kappa shape index (κ3) is 4.66. The summed E-state index contributed by atoms with van der Waals surface area (Å²) in [4.78, 5) is 16.9. The fourth-order valence-corrected chi connectivity index (χ4v) is 5.95. The van der Waals surface area contributed by atoms with Crippen molar-refractivity contribution in [2.24, 2.45) is 5.92 Å². The van der Waals surface area contributed by atoms with E-state index in [4.69, 9.17) is 23.2 Å². The molecule has 0 radical (unpaired) electrons. The van der Waals surface area contributed by atoms with Gasteiger partial charge in [0.15, 0.2) is 0 Å². The standard InChI is InChI=1S/C21H21Cl2N5O3S/c1-14-3-2-8-27(11-14)32(30,31)20-9-15(4-6-17(20)23)21(29)26-18-10-16(22)5-7-19(18)28-13-24-12-25-28/h4-7,9-10,12-14H,2-3,8,11H2,1H3,(H,26,29)/t14-/m1/s1. The second kappa shape index (κ2) is 9.19. The SMILES string of the molecule is C[C@@H]1CCCN(S(=O)(=O)c2cc(C(=O)Nc3cc(Cl)ccc3-n3cncn3)ccc2Cl)C1. The highest BCUT2D eigenvalue weighted by Gasteiger charge is 2.31. The van der Waals surface area contributed by atoms with Crippen molar-refractivity contribution in [3.05, 3.63) is 64.7 Å². The van der Waals surface area contributed by atoms with Crippen LogP contribution >= 0.6 is 23.2 Å². The summed E-state index contributed by atoms with van der Waals surface area (Å²) in [7, 11) is -3.83.